The van der Waals surface area contributed by atoms with Gasteiger partial charge in [-0.05, 0) is 49.4 Å². The summed E-state index contributed by atoms with van der Waals surface area (Å²) in [6, 6.07) is 15.7. The first-order valence-electron chi connectivity index (χ1n) is 8.78. The van der Waals surface area contributed by atoms with Gasteiger partial charge in [-0.2, -0.15) is 5.10 Å². The van der Waals surface area contributed by atoms with Crippen LogP contribution < -0.4 is 14.9 Å². The summed E-state index contributed by atoms with van der Waals surface area (Å²) in [5, 5.41) is 4.94. The van der Waals surface area contributed by atoms with Gasteiger partial charge in [-0.3, -0.25) is 4.79 Å². The minimum absolute atomic E-state index is 0.205. The Morgan fingerprint density at radius 3 is 2.62 bits per heavy atom. The molecule has 1 amide bonds. The Kier molecular flexibility index (Phi) is 7.16. The maximum absolute atomic E-state index is 11.9. The first-order chi connectivity index (χ1) is 14.1. The zero-order valence-corrected chi connectivity index (χ0v) is 17.0. The van der Waals surface area contributed by atoms with Crippen LogP contribution in [0.3, 0.4) is 0 Å². The molecule has 0 spiro atoms. The van der Waals surface area contributed by atoms with Crippen molar-refractivity contribution in [3.05, 3.63) is 70.4 Å². The second kappa shape index (κ2) is 10.0. The third-order valence-electron chi connectivity index (χ3n) is 3.71. The van der Waals surface area contributed by atoms with Gasteiger partial charge >= 0.3 is 0 Å². The summed E-state index contributed by atoms with van der Waals surface area (Å²) >= 11 is 12.2. The number of rotatable bonds is 8. The first kappa shape index (κ1) is 20.8. The molecule has 29 heavy (non-hydrogen) atoms. The van der Waals surface area contributed by atoms with Crippen LogP contribution in [-0.2, 0) is 4.79 Å². The highest BCUT2D eigenvalue weighted by atomic mass is 35.5. The van der Waals surface area contributed by atoms with Crippen LogP contribution in [0.25, 0.3) is 11.3 Å². The predicted octanol–water partition coefficient (Wildman–Crippen LogP) is 5.18. The Balaban J connectivity index is 1.55. The van der Waals surface area contributed by atoms with Crippen LogP contribution in [0, 0.1) is 0 Å². The van der Waals surface area contributed by atoms with E-state index in [0.29, 0.717) is 45.2 Å². The lowest BCUT2D eigenvalue weighted by atomic mass is 10.2. The number of hydrazone groups is 1. The molecule has 0 atom stereocenters. The summed E-state index contributed by atoms with van der Waals surface area (Å²) < 4.78 is 16.6. The van der Waals surface area contributed by atoms with Gasteiger partial charge in [0.05, 0.1) is 17.8 Å². The normalized spacial score (nSPS) is 10.9. The molecule has 0 fully saturated rings. The van der Waals surface area contributed by atoms with Gasteiger partial charge < -0.3 is 13.9 Å². The fourth-order valence-corrected chi connectivity index (χ4v) is 2.82. The molecule has 6 nitrogen and oxygen atoms in total. The number of furan rings is 1. The van der Waals surface area contributed by atoms with Gasteiger partial charge in [0.25, 0.3) is 5.91 Å². The average Bonchev–Trinajstić information content (AvgIpc) is 3.18. The fraction of sp³-hybridized carbons (Fsp3) is 0.143. The van der Waals surface area contributed by atoms with E-state index in [0.717, 1.165) is 0 Å². The third kappa shape index (κ3) is 5.76. The minimum atomic E-state index is -0.419. The maximum atomic E-state index is 11.9. The highest BCUT2D eigenvalue weighted by Gasteiger charge is 2.09. The van der Waals surface area contributed by atoms with Crippen LogP contribution in [0.1, 0.15) is 12.7 Å². The number of benzene rings is 2. The van der Waals surface area contributed by atoms with Crippen molar-refractivity contribution in [2.75, 3.05) is 13.2 Å². The van der Waals surface area contributed by atoms with Crippen molar-refractivity contribution < 1.29 is 18.7 Å². The zero-order chi connectivity index (χ0) is 20.6. The Bertz CT molecular complexity index is 1020. The Morgan fingerprint density at radius 1 is 1.10 bits per heavy atom. The molecule has 150 valence electrons. The lowest BCUT2D eigenvalue weighted by Gasteiger charge is -2.10. The van der Waals surface area contributed by atoms with Gasteiger partial charge in [0.1, 0.15) is 11.5 Å². The van der Waals surface area contributed by atoms with Crippen LogP contribution in [-0.4, -0.2) is 25.3 Å². The van der Waals surface area contributed by atoms with E-state index in [9.17, 15) is 4.79 Å². The smallest absolute Gasteiger partial charge is 0.277 e. The summed E-state index contributed by atoms with van der Waals surface area (Å²) in [6.45, 7) is 2.17. The molecular weight excluding hydrogens is 415 g/mol. The molecule has 0 aliphatic carbocycles. The monoisotopic (exact) mass is 432 g/mol. The molecule has 3 aromatic rings. The Labute approximate surface area is 178 Å². The topological polar surface area (TPSA) is 73.1 Å². The quantitative estimate of drug-likeness (QED) is 0.393. The van der Waals surface area contributed by atoms with Gasteiger partial charge in [0.15, 0.2) is 18.1 Å². The number of halogens is 2. The largest absolute Gasteiger partial charge is 0.490 e. The first-order valence-corrected chi connectivity index (χ1v) is 9.54. The lowest BCUT2D eigenvalue weighted by Crippen LogP contribution is -2.24. The molecule has 8 heteroatoms. The van der Waals surface area contributed by atoms with Crippen molar-refractivity contribution >= 4 is 35.3 Å². The molecule has 0 aliphatic heterocycles. The predicted molar refractivity (Wildman–Crippen MR) is 113 cm³/mol. The van der Waals surface area contributed by atoms with Crippen molar-refractivity contribution in [3.8, 4) is 22.8 Å². The summed E-state index contributed by atoms with van der Waals surface area (Å²) in [7, 11) is 0. The van der Waals surface area contributed by atoms with Gasteiger partial charge in [-0.25, -0.2) is 5.43 Å². The molecule has 0 radical (unpaired) electrons. The lowest BCUT2D eigenvalue weighted by molar-refractivity contribution is -0.123. The highest BCUT2D eigenvalue weighted by molar-refractivity contribution is 6.35. The van der Waals surface area contributed by atoms with Crippen molar-refractivity contribution in [1.82, 2.24) is 5.43 Å². The van der Waals surface area contributed by atoms with E-state index in [1.165, 1.54) is 6.21 Å². The SMILES string of the molecule is CCOc1ccccc1OCC(=O)N/N=C/c1ccc(-c2cc(Cl)ccc2Cl)o1. The van der Waals surface area contributed by atoms with Crippen LogP contribution >= 0.6 is 23.2 Å². The number of nitrogens with one attached hydrogen (secondary N) is 1. The van der Waals surface area contributed by atoms with Crippen LogP contribution in [0.2, 0.25) is 10.0 Å². The van der Waals surface area contributed by atoms with Crippen molar-refractivity contribution in [3.63, 3.8) is 0 Å². The molecule has 0 saturated heterocycles. The van der Waals surface area contributed by atoms with E-state index in [1.54, 1.807) is 48.5 Å². The molecule has 0 bridgehead atoms. The van der Waals surface area contributed by atoms with E-state index in [2.05, 4.69) is 10.5 Å². The zero-order valence-electron chi connectivity index (χ0n) is 15.5. The number of amides is 1. The summed E-state index contributed by atoms with van der Waals surface area (Å²) in [4.78, 5) is 11.9. The molecule has 1 N–H and O–H groups in total. The van der Waals surface area contributed by atoms with E-state index in [-0.39, 0.29) is 6.61 Å². The van der Waals surface area contributed by atoms with Crippen molar-refractivity contribution in [2.45, 2.75) is 6.92 Å². The minimum Gasteiger partial charge on any atom is -0.490 e. The van der Waals surface area contributed by atoms with Crippen LogP contribution in [0.5, 0.6) is 11.5 Å². The second-order valence-electron chi connectivity index (χ2n) is 5.79. The Morgan fingerprint density at radius 2 is 1.86 bits per heavy atom. The molecule has 2 aromatic carbocycles. The molecule has 0 aliphatic rings. The summed E-state index contributed by atoms with van der Waals surface area (Å²) in [6.07, 6.45) is 1.38. The number of hydrogen-bond acceptors (Lipinski definition) is 5. The molecule has 0 unspecified atom stereocenters. The van der Waals surface area contributed by atoms with Crippen molar-refractivity contribution in [1.29, 1.82) is 0 Å². The summed E-state index contributed by atoms with van der Waals surface area (Å²) in [5.74, 6) is 1.63. The van der Waals surface area contributed by atoms with Crippen LogP contribution in [0.4, 0.5) is 0 Å². The number of ether oxygens (including phenoxy) is 2. The van der Waals surface area contributed by atoms with Gasteiger partial charge in [0, 0.05) is 10.6 Å². The van der Waals surface area contributed by atoms with Crippen LogP contribution in [0.15, 0.2) is 64.1 Å². The molecule has 1 aromatic heterocycles. The highest BCUT2D eigenvalue weighted by Crippen LogP contribution is 2.31. The van der Waals surface area contributed by atoms with Gasteiger partial charge in [0.2, 0.25) is 0 Å². The van der Waals surface area contributed by atoms with Gasteiger partial charge in [-0.1, -0.05) is 35.3 Å². The van der Waals surface area contributed by atoms with E-state index < -0.39 is 5.91 Å². The number of hydrogen-bond donors (Lipinski definition) is 1. The maximum Gasteiger partial charge on any atom is 0.277 e. The summed E-state index contributed by atoms with van der Waals surface area (Å²) in [5.41, 5.74) is 3.05. The third-order valence-corrected chi connectivity index (χ3v) is 4.27. The standard InChI is InChI=1S/C21H18Cl2N2O4/c1-2-27-19-5-3-4-6-20(19)28-13-21(26)25-24-12-15-8-10-18(29-15)16-11-14(22)7-9-17(16)23/h3-12H,2,13H2,1H3,(H,25,26)/b24-12+. The number of carbonyl (C=O) groups excluding carboxylic acids is 1. The number of nitrogens with zero attached hydrogens (tertiary/aromatic N) is 1. The Hall–Kier alpha value is -2.96. The average molecular weight is 433 g/mol. The van der Waals surface area contributed by atoms with E-state index >= 15 is 0 Å². The van der Waals surface area contributed by atoms with E-state index in [1.807, 2.05) is 13.0 Å². The van der Waals surface area contributed by atoms with Crippen molar-refractivity contribution in [2.24, 2.45) is 5.10 Å². The molecular formula is C21H18Cl2N2O4. The van der Waals surface area contributed by atoms with E-state index in [4.69, 9.17) is 37.1 Å². The van der Waals surface area contributed by atoms with Gasteiger partial charge in [-0.15, -0.1) is 0 Å². The second-order valence-corrected chi connectivity index (χ2v) is 6.63. The fourth-order valence-electron chi connectivity index (χ4n) is 2.44. The molecule has 3 rings (SSSR count). The number of para-hydroxylation sites is 2. The number of carbonyl (C=O) groups is 1. The molecule has 0 saturated carbocycles. The molecule has 1 heterocycles.